The van der Waals surface area contributed by atoms with Crippen molar-refractivity contribution in [3.8, 4) is 0 Å². The van der Waals surface area contributed by atoms with Crippen molar-refractivity contribution in [1.82, 2.24) is 29.9 Å². The topological polar surface area (TPSA) is 200 Å². The van der Waals surface area contributed by atoms with Gasteiger partial charge in [-0.25, -0.2) is 9.52 Å². The fraction of sp³-hybridized carbons (Fsp3) is 0.839. The minimum absolute atomic E-state index is 0.00707. The molecule has 1 unspecified atom stereocenters. The van der Waals surface area contributed by atoms with E-state index in [0.717, 1.165) is 19.3 Å². The molecule has 2 saturated heterocycles. The first-order chi connectivity index (χ1) is 21.1. The smallest absolute Gasteiger partial charge is 0.315 e. The molecule has 3 rings (SSSR count). The number of amides is 5. The largest absolute Gasteiger partial charge is 0.363 e. The molecule has 0 bridgehead atoms. The zero-order valence-electron chi connectivity index (χ0n) is 28.6. The highest BCUT2D eigenvalue weighted by Crippen LogP contribution is 2.34. The molecule has 46 heavy (non-hydrogen) atoms. The summed E-state index contributed by atoms with van der Waals surface area (Å²) in [5.41, 5.74) is 4.03. The molecule has 3 fully saturated rings. The number of hydrogen-bond donors (Lipinski definition) is 5. The molecule has 2 aliphatic heterocycles. The molecule has 15 heteroatoms. The zero-order chi connectivity index (χ0) is 34.8. The molecule has 14 nitrogen and oxygen atoms in total. The van der Waals surface area contributed by atoms with Gasteiger partial charge in [0.2, 0.25) is 17.6 Å². The van der Waals surface area contributed by atoms with E-state index in [0.29, 0.717) is 12.8 Å². The highest BCUT2D eigenvalue weighted by molar-refractivity contribution is 7.87. The molecule has 0 aromatic heterocycles. The Morgan fingerprint density at radius 3 is 2.04 bits per heavy atom. The number of hydrogen-bond acceptors (Lipinski definition) is 7. The van der Waals surface area contributed by atoms with E-state index < -0.39 is 74.7 Å². The van der Waals surface area contributed by atoms with Gasteiger partial charge < -0.3 is 26.6 Å². The molecule has 5 amide bonds. The molecule has 0 aromatic carbocycles. The lowest BCUT2D eigenvalue weighted by Crippen LogP contribution is -2.62. The highest BCUT2D eigenvalue weighted by atomic mass is 32.2. The van der Waals surface area contributed by atoms with E-state index >= 15 is 0 Å². The van der Waals surface area contributed by atoms with Crippen LogP contribution in [0.3, 0.4) is 0 Å². The number of nitrogens with zero attached hydrogens (tertiary/aromatic N) is 2. The Morgan fingerprint density at radius 1 is 0.957 bits per heavy atom. The van der Waals surface area contributed by atoms with Crippen LogP contribution in [0.5, 0.6) is 0 Å². The minimum Gasteiger partial charge on any atom is -0.363 e. The molecule has 1 aliphatic carbocycles. The van der Waals surface area contributed by atoms with Gasteiger partial charge in [0.25, 0.3) is 16.1 Å². The zero-order valence-corrected chi connectivity index (χ0v) is 29.5. The highest BCUT2D eigenvalue weighted by Gasteiger charge is 2.46. The predicted molar refractivity (Wildman–Crippen MR) is 173 cm³/mol. The quantitative estimate of drug-likeness (QED) is 0.190. The van der Waals surface area contributed by atoms with Crippen LogP contribution in [-0.4, -0.2) is 97.5 Å². The van der Waals surface area contributed by atoms with Crippen molar-refractivity contribution in [2.75, 3.05) is 26.2 Å². The van der Waals surface area contributed by atoms with Crippen molar-refractivity contribution < 1.29 is 32.4 Å². The first-order valence-corrected chi connectivity index (χ1v) is 17.8. The van der Waals surface area contributed by atoms with Gasteiger partial charge in [-0.05, 0) is 41.4 Å². The van der Waals surface area contributed by atoms with Crippen molar-refractivity contribution in [3.05, 3.63) is 0 Å². The molecule has 3 aliphatic rings. The van der Waals surface area contributed by atoms with Crippen LogP contribution in [0.1, 0.15) is 87.5 Å². The van der Waals surface area contributed by atoms with Crippen molar-refractivity contribution in [3.63, 3.8) is 0 Å². The number of carbonyl (C=O) groups excluding carboxylic acids is 5. The lowest BCUT2D eigenvalue weighted by atomic mass is 9.80. The van der Waals surface area contributed by atoms with Crippen LogP contribution in [0.4, 0.5) is 4.79 Å². The van der Waals surface area contributed by atoms with Gasteiger partial charge in [-0.15, -0.1) is 0 Å². The van der Waals surface area contributed by atoms with E-state index in [9.17, 15) is 32.4 Å². The second-order valence-corrected chi connectivity index (χ2v) is 17.4. The predicted octanol–water partition coefficient (Wildman–Crippen LogP) is 0.868. The number of carbonyl (C=O) groups is 5. The van der Waals surface area contributed by atoms with Crippen LogP contribution in [0.2, 0.25) is 0 Å². The Bertz CT molecular complexity index is 1270. The number of nitrogens with one attached hydrogen (secondary N) is 4. The molecule has 1 saturated carbocycles. The normalized spacial score (nSPS) is 24.2. The first kappa shape index (κ1) is 37.7. The molecular weight excluding hydrogens is 614 g/mol. The molecule has 0 radical (unpaired) electrons. The maximum absolute atomic E-state index is 14.3. The summed E-state index contributed by atoms with van der Waals surface area (Å²) in [4.78, 5) is 67.4. The van der Waals surface area contributed by atoms with E-state index in [1.807, 2.05) is 55.4 Å². The molecular formula is C31H55N7O7S. The summed E-state index contributed by atoms with van der Waals surface area (Å²) in [7, 11) is -3.63. The van der Waals surface area contributed by atoms with E-state index in [-0.39, 0.29) is 43.9 Å². The average Bonchev–Trinajstić information content (AvgIpc) is 3.49. The Labute approximate surface area is 273 Å². The summed E-state index contributed by atoms with van der Waals surface area (Å²) in [6, 6.07) is -4.22. The van der Waals surface area contributed by atoms with Gasteiger partial charge in [-0.2, -0.15) is 12.7 Å². The first-order valence-electron chi connectivity index (χ1n) is 16.4. The SMILES string of the molecule is CC(C)[C@@H]1C[C@@H](C(=O)NC(CC2CCC2)C(=O)C(N)=O)N(C(=O)[C@@H](NC(=O)N[C@H](CN2CCNS2(=O)=O)C(C)(C)C)C(C)(C)C)C1. The third-order valence-electron chi connectivity index (χ3n) is 9.64. The number of Topliss-reactive ketones (excluding diaryl/α,β-unsaturated/α-hetero) is 1. The van der Waals surface area contributed by atoms with Gasteiger partial charge >= 0.3 is 6.03 Å². The van der Waals surface area contributed by atoms with E-state index in [4.69, 9.17) is 5.73 Å². The lowest BCUT2D eigenvalue weighted by molar-refractivity contribution is -0.143. The summed E-state index contributed by atoms with van der Waals surface area (Å²) in [6.45, 7) is 16.0. The number of nitrogens with two attached hydrogens (primary N) is 1. The number of primary amides is 1. The second kappa shape index (κ2) is 14.5. The van der Waals surface area contributed by atoms with Crippen LogP contribution in [-0.2, 0) is 29.4 Å². The van der Waals surface area contributed by atoms with Gasteiger partial charge in [-0.3, -0.25) is 19.2 Å². The maximum Gasteiger partial charge on any atom is 0.315 e. The van der Waals surface area contributed by atoms with E-state index in [1.54, 1.807) is 0 Å². The third kappa shape index (κ3) is 9.40. The second-order valence-electron chi connectivity index (χ2n) is 15.7. The molecule has 5 atom stereocenters. The van der Waals surface area contributed by atoms with Gasteiger partial charge in [0.05, 0.1) is 6.04 Å². The summed E-state index contributed by atoms with van der Waals surface area (Å²) < 4.78 is 28.5. The maximum atomic E-state index is 14.3. The third-order valence-corrected chi connectivity index (χ3v) is 11.2. The van der Waals surface area contributed by atoms with Gasteiger partial charge in [0.15, 0.2) is 0 Å². The summed E-state index contributed by atoms with van der Waals surface area (Å²) in [5.74, 6) is -2.58. The van der Waals surface area contributed by atoms with Gasteiger partial charge in [0.1, 0.15) is 12.1 Å². The van der Waals surface area contributed by atoms with Crippen molar-refractivity contribution in [1.29, 1.82) is 0 Å². The van der Waals surface area contributed by atoms with Crippen molar-refractivity contribution >= 4 is 39.7 Å². The van der Waals surface area contributed by atoms with E-state index in [1.165, 1.54) is 9.21 Å². The average molecular weight is 670 g/mol. The Kier molecular flexibility index (Phi) is 11.9. The summed E-state index contributed by atoms with van der Waals surface area (Å²) in [5, 5.41) is 8.47. The number of likely N-dealkylation sites (tertiary alicyclic amines) is 1. The van der Waals surface area contributed by atoms with Crippen molar-refractivity contribution in [2.45, 2.75) is 112 Å². The van der Waals surface area contributed by atoms with Crippen LogP contribution >= 0.6 is 0 Å². The monoisotopic (exact) mass is 669 g/mol. The summed E-state index contributed by atoms with van der Waals surface area (Å²) >= 11 is 0. The molecule has 0 spiro atoms. The van der Waals surface area contributed by atoms with E-state index in [2.05, 4.69) is 20.7 Å². The number of rotatable bonds is 12. The lowest BCUT2D eigenvalue weighted by Gasteiger charge is -2.38. The molecule has 262 valence electrons. The fourth-order valence-electron chi connectivity index (χ4n) is 6.16. The standard InChI is InChI=1S/C31H55N7O7S/c1-18(2)20-15-22(27(41)34-21(24(39)26(32)40)14-19-10-9-11-19)38(16-20)28(42)25(31(6,7)8)36-29(43)35-23(30(3,4)5)17-37-13-12-33-46(37,44)45/h18-23,25,33H,9-17H2,1-8H3,(H2,32,40)(H,34,41)(H2,35,36,43)/t20-,21?,22+,23-,25-/m1/s1. The van der Waals surface area contributed by atoms with Crippen LogP contribution in [0.15, 0.2) is 0 Å². The molecule has 2 heterocycles. The Morgan fingerprint density at radius 2 is 1.59 bits per heavy atom. The number of ketones is 1. The van der Waals surface area contributed by atoms with Crippen LogP contribution < -0.4 is 26.4 Å². The minimum atomic E-state index is -3.63. The van der Waals surface area contributed by atoms with Gasteiger partial charge in [0, 0.05) is 32.2 Å². The molecule has 6 N–H and O–H groups in total. The number of urea groups is 1. The Hall–Kier alpha value is -2.78. The van der Waals surface area contributed by atoms with Crippen LogP contribution in [0.25, 0.3) is 0 Å². The Balaban J connectivity index is 1.81. The molecule has 0 aromatic rings. The van der Waals surface area contributed by atoms with Crippen molar-refractivity contribution in [2.24, 2.45) is 34.3 Å². The van der Waals surface area contributed by atoms with Crippen LogP contribution in [0, 0.1) is 28.6 Å². The van der Waals surface area contributed by atoms with Gasteiger partial charge in [-0.1, -0.05) is 74.7 Å². The summed E-state index contributed by atoms with van der Waals surface area (Å²) in [6.07, 6.45) is 3.52. The fourth-order valence-corrected chi connectivity index (χ4v) is 7.37.